The Labute approximate surface area is 128 Å². The molecule has 1 saturated carbocycles. The van der Waals surface area contributed by atoms with Crippen LogP contribution in [-0.4, -0.2) is 11.1 Å². The Kier molecular flexibility index (Phi) is 4.75. The Balaban J connectivity index is 2.57. The van der Waals surface area contributed by atoms with Gasteiger partial charge in [-0.1, -0.05) is 51.3 Å². The van der Waals surface area contributed by atoms with Crippen molar-refractivity contribution >= 4 is 5.97 Å². The molecule has 0 heterocycles. The number of hydrogen-bond donors (Lipinski definition) is 1. The number of rotatable bonds is 4. The van der Waals surface area contributed by atoms with E-state index in [9.17, 15) is 9.90 Å². The van der Waals surface area contributed by atoms with Crippen LogP contribution in [0.5, 0.6) is 0 Å². The van der Waals surface area contributed by atoms with Crippen LogP contribution < -0.4 is 0 Å². The minimum atomic E-state index is -0.737. The van der Waals surface area contributed by atoms with Crippen LogP contribution in [0.25, 0.3) is 0 Å². The highest BCUT2D eigenvalue weighted by atomic mass is 16.4. The summed E-state index contributed by atoms with van der Waals surface area (Å²) in [5.41, 5.74) is 2.68. The van der Waals surface area contributed by atoms with Gasteiger partial charge in [0.15, 0.2) is 0 Å². The lowest BCUT2D eigenvalue weighted by molar-refractivity contribution is -0.149. The van der Waals surface area contributed by atoms with E-state index in [1.165, 1.54) is 17.5 Å². The zero-order chi connectivity index (χ0) is 15.6. The van der Waals surface area contributed by atoms with Crippen LogP contribution in [-0.2, 0) is 10.2 Å². The molecule has 0 aromatic heterocycles. The summed E-state index contributed by atoms with van der Waals surface area (Å²) in [6.45, 7) is 8.29. The predicted molar refractivity (Wildman–Crippen MR) is 86.6 cm³/mol. The molecule has 0 unspecified atom stereocenters. The summed E-state index contributed by atoms with van der Waals surface area (Å²) in [5.74, 6) is -0.293. The van der Waals surface area contributed by atoms with Crippen LogP contribution in [0.2, 0.25) is 0 Å². The van der Waals surface area contributed by atoms with E-state index < -0.39 is 11.4 Å². The van der Waals surface area contributed by atoms with Gasteiger partial charge in [-0.2, -0.15) is 0 Å². The average molecular weight is 288 g/mol. The van der Waals surface area contributed by atoms with Gasteiger partial charge >= 0.3 is 5.97 Å². The Morgan fingerprint density at radius 3 is 2.24 bits per heavy atom. The Morgan fingerprint density at radius 1 is 1.14 bits per heavy atom. The third-order valence-corrected chi connectivity index (χ3v) is 5.50. The molecule has 1 aromatic carbocycles. The summed E-state index contributed by atoms with van der Waals surface area (Å²) in [7, 11) is 0. The minimum Gasteiger partial charge on any atom is -0.481 e. The van der Waals surface area contributed by atoms with Crippen LogP contribution in [0.3, 0.4) is 0 Å². The van der Waals surface area contributed by atoms with Gasteiger partial charge in [-0.05, 0) is 55.2 Å². The standard InChI is InChI=1S/C19H28O2/c1-13(2)19(18(20)21,16-8-6-5-7-9-16)17-11-10-14(3)15(4)12-17/h10-13,16H,5-9H2,1-4H3,(H,20,21)/t19-/m0/s1. The largest absolute Gasteiger partial charge is 0.481 e. The van der Waals surface area contributed by atoms with Gasteiger partial charge in [0.25, 0.3) is 0 Å². The Morgan fingerprint density at radius 2 is 1.76 bits per heavy atom. The van der Waals surface area contributed by atoms with E-state index in [0.717, 1.165) is 31.2 Å². The van der Waals surface area contributed by atoms with E-state index in [0.29, 0.717) is 0 Å². The van der Waals surface area contributed by atoms with Gasteiger partial charge in [0.05, 0.1) is 5.41 Å². The summed E-state index contributed by atoms with van der Waals surface area (Å²) in [6.07, 6.45) is 5.65. The zero-order valence-corrected chi connectivity index (χ0v) is 13.8. The lowest BCUT2D eigenvalue weighted by Gasteiger charge is -2.43. The van der Waals surface area contributed by atoms with Gasteiger partial charge in [0.2, 0.25) is 0 Å². The molecule has 0 amide bonds. The molecule has 0 bridgehead atoms. The molecule has 1 aliphatic carbocycles. The molecule has 1 fully saturated rings. The number of hydrogen-bond acceptors (Lipinski definition) is 1. The fraction of sp³-hybridized carbons (Fsp3) is 0.632. The molecule has 1 aromatic rings. The Bertz CT molecular complexity index is 512. The van der Waals surface area contributed by atoms with Crippen molar-refractivity contribution in [2.75, 3.05) is 0 Å². The maximum absolute atomic E-state index is 12.4. The predicted octanol–water partition coefficient (Wildman–Crippen LogP) is 4.86. The number of carbonyl (C=O) groups is 1. The van der Waals surface area contributed by atoms with Crippen molar-refractivity contribution in [1.29, 1.82) is 0 Å². The van der Waals surface area contributed by atoms with E-state index in [1.54, 1.807) is 0 Å². The van der Waals surface area contributed by atoms with Gasteiger partial charge in [0, 0.05) is 0 Å². The molecule has 1 aliphatic rings. The first-order valence-electron chi connectivity index (χ1n) is 8.21. The first kappa shape index (κ1) is 16.1. The summed E-state index contributed by atoms with van der Waals surface area (Å²) >= 11 is 0. The fourth-order valence-corrected chi connectivity index (χ4v) is 4.14. The van der Waals surface area contributed by atoms with Crippen LogP contribution in [0.15, 0.2) is 18.2 Å². The lowest BCUT2D eigenvalue weighted by Crippen LogP contribution is -2.48. The highest BCUT2D eigenvalue weighted by molar-refractivity contribution is 5.82. The van der Waals surface area contributed by atoms with Gasteiger partial charge in [-0.25, -0.2) is 0 Å². The number of benzene rings is 1. The van der Waals surface area contributed by atoms with Crippen LogP contribution >= 0.6 is 0 Å². The highest BCUT2D eigenvalue weighted by Crippen LogP contribution is 2.46. The van der Waals surface area contributed by atoms with Crippen molar-refractivity contribution in [2.45, 2.75) is 65.2 Å². The first-order chi connectivity index (χ1) is 9.90. The highest BCUT2D eigenvalue weighted by Gasteiger charge is 2.49. The summed E-state index contributed by atoms with van der Waals surface area (Å²) < 4.78 is 0. The van der Waals surface area contributed by atoms with Crippen molar-refractivity contribution in [2.24, 2.45) is 11.8 Å². The lowest BCUT2D eigenvalue weighted by atomic mass is 9.59. The third kappa shape index (κ3) is 2.73. The van der Waals surface area contributed by atoms with Gasteiger partial charge in [-0.15, -0.1) is 0 Å². The van der Waals surface area contributed by atoms with Crippen molar-refractivity contribution in [3.63, 3.8) is 0 Å². The molecule has 0 radical (unpaired) electrons. The van der Waals surface area contributed by atoms with Crippen LogP contribution in [0.4, 0.5) is 0 Å². The molecule has 0 aliphatic heterocycles. The number of aryl methyl sites for hydroxylation is 2. The van der Waals surface area contributed by atoms with E-state index in [2.05, 4.69) is 39.8 Å². The van der Waals surface area contributed by atoms with Gasteiger partial charge < -0.3 is 5.11 Å². The monoisotopic (exact) mass is 288 g/mol. The topological polar surface area (TPSA) is 37.3 Å². The summed E-state index contributed by atoms with van der Waals surface area (Å²) in [5, 5.41) is 10.2. The maximum atomic E-state index is 12.4. The van der Waals surface area contributed by atoms with E-state index in [-0.39, 0.29) is 11.8 Å². The van der Waals surface area contributed by atoms with Crippen molar-refractivity contribution in [1.82, 2.24) is 0 Å². The molecule has 2 rings (SSSR count). The number of carboxylic acids is 1. The smallest absolute Gasteiger partial charge is 0.314 e. The van der Waals surface area contributed by atoms with E-state index in [4.69, 9.17) is 0 Å². The second kappa shape index (κ2) is 6.21. The molecular weight excluding hydrogens is 260 g/mol. The van der Waals surface area contributed by atoms with Crippen LogP contribution in [0, 0.1) is 25.7 Å². The van der Waals surface area contributed by atoms with Crippen molar-refractivity contribution in [3.05, 3.63) is 34.9 Å². The maximum Gasteiger partial charge on any atom is 0.314 e. The van der Waals surface area contributed by atoms with Crippen LogP contribution in [0.1, 0.15) is 62.6 Å². The first-order valence-corrected chi connectivity index (χ1v) is 8.21. The second-order valence-corrected chi connectivity index (χ2v) is 6.96. The fourth-order valence-electron chi connectivity index (χ4n) is 4.14. The summed E-state index contributed by atoms with van der Waals surface area (Å²) in [6, 6.07) is 6.23. The van der Waals surface area contributed by atoms with Crippen molar-refractivity contribution < 1.29 is 9.90 Å². The molecule has 2 nitrogen and oxygen atoms in total. The third-order valence-electron chi connectivity index (χ3n) is 5.50. The molecule has 0 saturated heterocycles. The zero-order valence-electron chi connectivity index (χ0n) is 13.8. The normalized spacial score (nSPS) is 19.5. The van der Waals surface area contributed by atoms with Gasteiger partial charge in [0.1, 0.15) is 0 Å². The molecule has 21 heavy (non-hydrogen) atoms. The molecule has 1 N–H and O–H groups in total. The molecule has 0 spiro atoms. The second-order valence-electron chi connectivity index (χ2n) is 6.96. The molecule has 1 atom stereocenters. The quantitative estimate of drug-likeness (QED) is 0.859. The SMILES string of the molecule is Cc1ccc([C@](C(=O)O)(C(C)C)C2CCCCC2)cc1C. The molecule has 116 valence electrons. The number of aliphatic carboxylic acids is 1. The molecule has 2 heteroatoms. The van der Waals surface area contributed by atoms with E-state index >= 15 is 0 Å². The average Bonchev–Trinajstić information content (AvgIpc) is 2.44. The minimum absolute atomic E-state index is 0.0974. The Hall–Kier alpha value is -1.31. The molecular formula is C19H28O2. The van der Waals surface area contributed by atoms with Gasteiger partial charge in [-0.3, -0.25) is 4.79 Å². The van der Waals surface area contributed by atoms with E-state index in [1.807, 2.05) is 6.07 Å². The number of carboxylic acid groups (broad SMARTS) is 1. The summed E-state index contributed by atoms with van der Waals surface area (Å²) in [4.78, 5) is 12.4. The van der Waals surface area contributed by atoms with Crippen molar-refractivity contribution in [3.8, 4) is 0 Å².